The van der Waals surface area contributed by atoms with Crippen molar-refractivity contribution < 1.29 is 0 Å². The van der Waals surface area contributed by atoms with Gasteiger partial charge in [-0.05, 0) is 24.5 Å². The van der Waals surface area contributed by atoms with E-state index in [0.29, 0.717) is 6.54 Å². The first-order valence-electron chi connectivity index (χ1n) is 5.73. The molecule has 1 aromatic carbocycles. The molecule has 3 nitrogen and oxygen atoms in total. The summed E-state index contributed by atoms with van der Waals surface area (Å²) in [5, 5.41) is 4.60. The topological polar surface area (TPSA) is 43.8 Å². The standard InChI is InChI=1S/C13H15N3/c14-9-10-3-5-11(6-4-10)13-8-12-2-1-7-16(12)15-13/h3-6,8H,1-2,7,9,14H2. The number of rotatable bonds is 2. The smallest absolute Gasteiger partial charge is 0.0926 e. The molecule has 1 aliphatic heterocycles. The van der Waals surface area contributed by atoms with E-state index in [9.17, 15) is 0 Å². The Balaban J connectivity index is 1.95. The molecule has 0 amide bonds. The maximum absolute atomic E-state index is 5.58. The average Bonchev–Trinajstić information content (AvgIpc) is 2.89. The summed E-state index contributed by atoms with van der Waals surface area (Å²) in [5.41, 5.74) is 10.4. The summed E-state index contributed by atoms with van der Waals surface area (Å²) >= 11 is 0. The monoisotopic (exact) mass is 213 g/mol. The molecule has 2 heterocycles. The summed E-state index contributed by atoms with van der Waals surface area (Å²) < 4.78 is 2.12. The molecule has 2 aromatic rings. The highest BCUT2D eigenvalue weighted by molar-refractivity contribution is 5.60. The molecule has 0 fully saturated rings. The van der Waals surface area contributed by atoms with Gasteiger partial charge in [0.15, 0.2) is 0 Å². The van der Waals surface area contributed by atoms with E-state index in [1.54, 1.807) is 0 Å². The van der Waals surface area contributed by atoms with Crippen LogP contribution in [0.4, 0.5) is 0 Å². The molecule has 0 unspecified atom stereocenters. The second-order valence-corrected chi connectivity index (χ2v) is 4.25. The minimum absolute atomic E-state index is 0.597. The molecule has 1 aliphatic rings. The zero-order valence-corrected chi connectivity index (χ0v) is 9.19. The normalized spacial score (nSPS) is 14.1. The zero-order chi connectivity index (χ0) is 11.0. The van der Waals surface area contributed by atoms with E-state index in [2.05, 4.69) is 40.1 Å². The summed E-state index contributed by atoms with van der Waals surface area (Å²) in [6.07, 6.45) is 2.39. The molecule has 0 spiro atoms. The van der Waals surface area contributed by atoms with Gasteiger partial charge in [0.05, 0.1) is 5.69 Å². The van der Waals surface area contributed by atoms with Crippen LogP contribution in [0.3, 0.4) is 0 Å². The van der Waals surface area contributed by atoms with Crippen LogP contribution in [0.25, 0.3) is 11.3 Å². The van der Waals surface area contributed by atoms with Crippen molar-refractivity contribution in [1.29, 1.82) is 0 Å². The highest BCUT2D eigenvalue weighted by atomic mass is 15.3. The van der Waals surface area contributed by atoms with Gasteiger partial charge in [0.25, 0.3) is 0 Å². The maximum Gasteiger partial charge on any atom is 0.0926 e. The Morgan fingerprint density at radius 3 is 2.75 bits per heavy atom. The molecule has 0 radical (unpaired) electrons. The summed E-state index contributed by atoms with van der Waals surface area (Å²) in [6, 6.07) is 10.5. The third-order valence-corrected chi connectivity index (χ3v) is 3.15. The highest BCUT2D eigenvalue weighted by Gasteiger charge is 2.13. The van der Waals surface area contributed by atoms with E-state index in [1.165, 1.54) is 17.7 Å². The van der Waals surface area contributed by atoms with Crippen molar-refractivity contribution in [2.75, 3.05) is 0 Å². The number of fused-ring (bicyclic) bond motifs is 1. The second kappa shape index (κ2) is 3.76. The molecule has 2 N–H and O–H groups in total. The van der Waals surface area contributed by atoms with Gasteiger partial charge >= 0.3 is 0 Å². The van der Waals surface area contributed by atoms with E-state index in [1.807, 2.05) is 0 Å². The van der Waals surface area contributed by atoms with Gasteiger partial charge in [0.2, 0.25) is 0 Å². The van der Waals surface area contributed by atoms with Gasteiger partial charge in [-0.2, -0.15) is 5.10 Å². The Morgan fingerprint density at radius 1 is 1.25 bits per heavy atom. The molecular formula is C13H15N3. The quantitative estimate of drug-likeness (QED) is 0.828. The molecular weight excluding hydrogens is 198 g/mol. The lowest BCUT2D eigenvalue weighted by atomic mass is 10.1. The Labute approximate surface area is 94.9 Å². The fourth-order valence-corrected chi connectivity index (χ4v) is 2.21. The van der Waals surface area contributed by atoms with Crippen molar-refractivity contribution in [2.45, 2.75) is 25.9 Å². The van der Waals surface area contributed by atoms with E-state index < -0.39 is 0 Å². The summed E-state index contributed by atoms with van der Waals surface area (Å²) in [4.78, 5) is 0. The lowest BCUT2D eigenvalue weighted by molar-refractivity contribution is 0.659. The lowest BCUT2D eigenvalue weighted by Gasteiger charge is -1.99. The number of benzene rings is 1. The van der Waals surface area contributed by atoms with E-state index >= 15 is 0 Å². The van der Waals surface area contributed by atoms with Gasteiger partial charge in [-0.15, -0.1) is 0 Å². The van der Waals surface area contributed by atoms with Gasteiger partial charge in [0.1, 0.15) is 0 Å². The van der Waals surface area contributed by atoms with Crippen LogP contribution in [0, 0.1) is 0 Å². The minimum Gasteiger partial charge on any atom is -0.326 e. The fraction of sp³-hybridized carbons (Fsp3) is 0.308. The Morgan fingerprint density at radius 2 is 2.06 bits per heavy atom. The molecule has 16 heavy (non-hydrogen) atoms. The lowest BCUT2D eigenvalue weighted by Crippen LogP contribution is -1.96. The zero-order valence-electron chi connectivity index (χ0n) is 9.19. The molecule has 3 heteroatoms. The van der Waals surface area contributed by atoms with Gasteiger partial charge in [-0.1, -0.05) is 24.3 Å². The molecule has 0 atom stereocenters. The van der Waals surface area contributed by atoms with Crippen LogP contribution in [0.2, 0.25) is 0 Å². The van der Waals surface area contributed by atoms with Crippen LogP contribution in [0.15, 0.2) is 30.3 Å². The predicted molar refractivity (Wildman–Crippen MR) is 63.9 cm³/mol. The van der Waals surface area contributed by atoms with Crippen molar-refractivity contribution in [2.24, 2.45) is 5.73 Å². The molecule has 0 aliphatic carbocycles. The van der Waals surface area contributed by atoms with Gasteiger partial charge in [-0.3, -0.25) is 4.68 Å². The Bertz CT molecular complexity index is 475. The SMILES string of the molecule is NCc1ccc(-c2cc3n(n2)CCC3)cc1. The first kappa shape index (κ1) is 9.60. The minimum atomic E-state index is 0.597. The Kier molecular flexibility index (Phi) is 2.26. The van der Waals surface area contributed by atoms with Crippen LogP contribution in [0.1, 0.15) is 17.7 Å². The molecule has 0 saturated heterocycles. The van der Waals surface area contributed by atoms with E-state index in [4.69, 9.17) is 5.73 Å². The first-order valence-corrected chi connectivity index (χ1v) is 5.73. The van der Waals surface area contributed by atoms with Gasteiger partial charge < -0.3 is 5.73 Å². The Hall–Kier alpha value is -1.61. The van der Waals surface area contributed by atoms with Crippen molar-refractivity contribution in [3.8, 4) is 11.3 Å². The van der Waals surface area contributed by atoms with Crippen LogP contribution >= 0.6 is 0 Å². The van der Waals surface area contributed by atoms with Crippen molar-refractivity contribution in [3.05, 3.63) is 41.6 Å². The number of aryl methyl sites for hydroxylation is 2. The molecule has 1 aromatic heterocycles. The number of hydrogen-bond donors (Lipinski definition) is 1. The van der Waals surface area contributed by atoms with Crippen LogP contribution in [0.5, 0.6) is 0 Å². The average molecular weight is 213 g/mol. The summed E-state index contributed by atoms with van der Waals surface area (Å²) in [6.45, 7) is 1.66. The third-order valence-electron chi connectivity index (χ3n) is 3.15. The predicted octanol–water partition coefficient (Wildman–Crippen LogP) is 1.96. The van der Waals surface area contributed by atoms with Crippen LogP contribution in [-0.2, 0) is 19.5 Å². The van der Waals surface area contributed by atoms with Crippen molar-refractivity contribution in [1.82, 2.24) is 9.78 Å². The number of aromatic nitrogens is 2. The third kappa shape index (κ3) is 1.53. The molecule has 0 saturated carbocycles. The van der Waals surface area contributed by atoms with Crippen LogP contribution < -0.4 is 5.73 Å². The fourth-order valence-electron chi connectivity index (χ4n) is 2.21. The van der Waals surface area contributed by atoms with Gasteiger partial charge in [0, 0.05) is 24.3 Å². The summed E-state index contributed by atoms with van der Waals surface area (Å²) in [5.74, 6) is 0. The molecule has 82 valence electrons. The van der Waals surface area contributed by atoms with E-state index in [0.717, 1.165) is 24.2 Å². The van der Waals surface area contributed by atoms with Gasteiger partial charge in [-0.25, -0.2) is 0 Å². The molecule has 0 bridgehead atoms. The number of hydrogen-bond acceptors (Lipinski definition) is 2. The molecule has 3 rings (SSSR count). The first-order chi connectivity index (χ1) is 7.86. The van der Waals surface area contributed by atoms with E-state index in [-0.39, 0.29) is 0 Å². The largest absolute Gasteiger partial charge is 0.326 e. The number of nitrogens with zero attached hydrogens (tertiary/aromatic N) is 2. The number of nitrogens with two attached hydrogens (primary N) is 1. The van der Waals surface area contributed by atoms with Crippen molar-refractivity contribution >= 4 is 0 Å². The maximum atomic E-state index is 5.58. The highest BCUT2D eigenvalue weighted by Crippen LogP contribution is 2.23. The van der Waals surface area contributed by atoms with Crippen LogP contribution in [-0.4, -0.2) is 9.78 Å². The van der Waals surface area contributed by atoms with Crippen molar-refractivity contribution in [3.63, 3.8) is 0 Å². The summed E-state index contributed by atoms with van der Waals surface area (Å²) in [7, 11) is 0. The second-order valence-electron chi connectivity index (χ2n) is 4.25.